The number of carbonyl (C=O) groups is 1. The molecule has 1 aromatic rings. The summed E-state index contributed by atoms with van der Waals surface area (Å²) in [6.07, 6.45) is 0.248. The lowest BCUT2D eigenvalue weighted by Gasteiger charge is -2.37. The molecule has 6 heteroatoms. The van der Waals surface area contributed by atoms with Crippen LogP contribution >= 0.6 is 0 Å². The highest BCUT2D eigenvalue weighted by Crippen LogP contribution is 2.21. The van der Waals surface area contributed by atoms with Crippen molar-refractivity contribution in [3.8, 4) is 0 Å². The minimum Gasteiger partial charge on any atom is -0.481 e. The molecule has 6 nitrogen and oxygen atoms in total. The molecule has 0 bridgehead atoms. The van der Waals surface area contributed by atoms with Crippen molar-refractivity contribution < 1.29 is 14.4 Å². The highest BCUT2D eigenvalue weighted by Gasteiger charge is 2.29. The van der Waals surface area contributed by atoms with Crippen molar-refractivity contribution in [1.82, 2.24) is 15.0 Å². The maximum atomic E-state index is 10.5. The number of hydrogen-bond acceptors (Lipinski definition) is 5. The van der Waals surface area contributed by atoms with Crippen LogP contribution in [0.15, 0.2) is 4.52 Å². The van der Waals surface area contributed by atoms with Crippen LogP contribution in [0.5, 0.6) is 0 Å². The molecular weight excluding hydrogens is 222 g/mol. The molecule has 0 amide bonds. The minimum absolute atomic E-state index is 0.248. The first kappa shape index (κ1) is 12.0. The molecule has 1 N–H and O–H groups in total. The fraction of sp³-hybridized carbons (Fsp3) is 0.727. The molecule has 0 spiro atoms. The number of rotatable bonds is 5. The number of aromatic nitrogens is 2. The summed E-state index contributed by atoms with van der Waals surface area (Å²) in [6.45, 7) is 6.25. The Kier molecular flexibility index (Phi) is 3.42. The zero-order valence-corrected chi connectivity index (χ0v) is 10.1. The maximum Gasteiger partial charge on any atom is 0.303 e. The van der Waals surface area contributed by atoms with E-state index < -0.39 is 5.97 Å². The quantitative estimate of drug-likeness (QED) is 0.828. The number of aliphatic carboxylic acids is 1. The van der Waals surface area contributed by atoms with Gasteiger partial charge in [-0.25, -0.2) is 0 Å². The van der Waals surface area contributed by atoms with E-state index in [0.29, 0.717) is 12.4 Å². The topological polar surface area (TPSA) is 79.5 Å². The molecule has 0 aliphatic carbocycles. The van der Waals surface area contributed by atoms with Crippen LogP contribution in [0, 0.1) is 5.92 Å². The van der Waals surface area contributed by atoms with E-state index in [1.54, 1.807) is 0 Å². The lowest BCUT2D eigenvalue weighted by atomic mass is 9.97. The van der Waals surface area contributed by atoms with E-state index in [-0.39, 0.29) is 18.3 Å². The standard InChI is InChI=1S/C11H17N3O3/c1-7(2)11-12-9(17-13-11)6-14-4-8(5-14)3-10(15)16/h7-8H,3-6H2,1-2H3,(H,15,16). The molecule has 0 unspecified atom stereocenters. The molecule has 0 saturated carbocycles. The van der Waals surface area contributed by atoms with Crippen molar-refractivity contribution in [1.29, 1.82) is 0 Å². The van der Waals surface area contributed by atoms with E-state index in [2.05, 4.69) is 15.0 Å². The lowest BCUT2D eigenvalue weighted by molar-refractivity contribution is -0.139. The highest BCUT2D eigenvalue weighted by molar-refractivity contribution is 5.67. The van der Waals surface area contributed by atoms with Gasteiger partial charge in [-0.15, -0.1) is 0 Å². The number of likely N-dealkylation sites (tertiary alicyclic amines) is 1. The van der Waals surface area contributed by atoms with E-state index in [0.717, 1.165) is 18.9 Å². The van der Waals surface area contributed by atoms with E-state index in [9.17, 15) is 4.79 Å². The summed E-state index contributed by atoms with van der Waals surface area (Å²) in [5.41, 5.74) is 0. The SMILES string of the molecule is CC(C)c1noc(CN2CC(CC(=O)O)C2)n1. The van der Waals surface area contributed by atoms with Gasteiger partial charge >= 0.3 is 5.97 Å². The second kappa shape index (κ2) is 4.83. The molecule has 1 saturated heterocycles. The summed E-state index contributed by atoms with van der Waals surface area (Å²) in [6, 6.07) is 0. The Morgan fingerprint density at radius 2 is 2.29 bits per heavy atom. The normalized spacial score (nSPS) is 17.4. The number of hydrogen-bond donors (Lipinski definition) is 1. The second-order valence-electron chi connectivity index (χ2n) is 4.86. The van der Waals surface area contributed by atoms with Gasteiger partial charge in [0, 0.05) is 19.0 Å². The summed E-state index contributed by atoms with van der Waals surface area (Å²) < 4.78 is 5.13. The van der Waals surface area contributed by atoms with Gasteiger partial charge in [0.15, 0.2) is 5.82 Å². The molecule has 0 aromatic carbocycles. The lowest BCUT2D eigenvalue weighted by Crippen LogP contribution is -2.46. The molecule has 1 fully saturated rings. The fourth-order valence-corrected chi connectivity index (χ4v) is 1.94. The van der Waals surface area contributed by atoms with Gasteiger partial charge in [-0.2, -0.15) is 4.98 Å². The molecular formula is C11H17N3O3. The van der Waals surface area contributed by atoms with Gasteiger partial charge in [0.1, 0.15) is 0 Å². The van der Waals surface area contributed by atoms with Crippen LogP contribution in [0.25, 0.3) is 0 Å². The zero-order chi connectivity index (χ0) is 12.4. The Labute approximate surface area is 99.6 Å². The highest BCUT2D eigenvalue weighted by atomic mass is 16.5. The first-order valence-electron chi connectivity index (χ1n) is 5.81. The number of carboxylic acid groups (broad SMARTS) is 1. The van der Waals surface area contributed by atoms with Crippen molar-refractivity contribution in [3.63, 3.8) is 0 Å². The largest absolute Gasteiger partial charge is 0.481 e. The Bertz CT molecular complexity index is 396. The third-order valence-electron chi connectivity index (χ3n) is 2.86. The Morgan fingerprint density at radius 3 is 2.82 bits per heavy atom. The molecule has 2 rings (SSSR count). The molecule has 1 aromatic heterocycles. The molecule has 94 valence electrons. The molecule has 0 atom stereocenters. The Hall–Kier alpha value is -1.43. The minimum atomic E-state index is -0.727. The van der Waals surface area contributed by atoms with Crippen molar-refractivity contribution in [2.45, 2.75) is 32.7 Å². The van der Waals surface area contributed by atoms with Crippen LogP contribution in [0.2, 0.25) is 0 Å². The number of carboxylic acids is 1. The van der Waals surface area contributed by atoms with Crippen LogP contribution in [0.1, 0.15) is 37.9 Å². The number of nitrogens with zero attached hydrogens (tertiary/aromatic N) is 3. The average Bonchev–Trinajstić information content (AvgIpc) is 2.62. The van der Waals surface area contributed by atoms with E-state index in [1.807, 2.05) is 13.8 Å². The summed E-state index contributed by atoms with van der Waals surface area (Å²) in [5, 5.41) is 12.5. The van der Waals surface area contributed by atoms with Gasteiger partial charge in [0.25, 0.3) is 0 Å². The first-order chi connectivity index (χ1) is 8.04. The maximum absolute atomic E-state index is 10.5. The summed E-state index contributed by atoms with van der Waals surface area (Å²) in [7, 11) is 0. The zero-order valence-electron chi connectivity index (χ0n) is 10.1. The Morgan fingerprint density at radius 1 is 1.59 bits per heavy atom. The van der Waals surface area contributed by atoms with Gasteiger partial charge < -0.3 is 9.63 Å². The van der Waals surface area contributed by atoms with Gasteiger partial charge in [-0.05, 0) is 5.92 Å². The van der Waals surface area contributed by atoms with Gasteiger partial charge in [-0.3, -0.25) is 9.69 Å². The van der Waals surface area contributed by atoms with Crippen LogP contribution in [0.4, 0.5) is 0 Å². The monoisotopic (exact) mass is 239 g/mol. The molecule has 17 heavy (non-hydrogen) atoms. The fourth-order valence-electron chi connectivity index (χ4n) is 1.94. The van der Waals surface area contributed by atoms with Gasteiger partial charge in [-0.1, -0.05) is 19.0 Å². The molecule has 0 radical (unpaired) electrons. The predicted octanol–water partition coefficient (Wildman–Crippen LogP) is 1.10. The second-order valence-corrected chi connectivity index (χ2v) is 4.86. The van der Waals surface area contributed by atoms with Gasteiger partial charge in [0.2, 0.25) is 5.89 Å². The van der Waals surface area contributed by atoms with Crippen molar-refractivity contribution in [3.05, 3.63) is 11.7 Å². The predicted molar refractivity (Wildman–Crippen MR) is 59.4 cm³/mol. The van der Waals surface area contributed by atoms with Crippen molar-refractivity contribution in [2.24, 2.45) is 5.92 Å². The molecule has 2 heterocycles. The summed E-state index contributed by atoms with van der Waals surface area (Å²) in [4.78, 5) is 16.9. The van der Waals surface area contributed by atoms with Crippen LogP contribution in [0.3, 0.4) is 0 Å². The summed E-state index contributed by atoms with van der Waals surface area (Å²) in [5.74, 6) is 1.14. The smallest absolute Gasteiger partial charge is 0.303 e. The summed E-state index contributed by atoms with van der Waals surface area (Å²) >= 11 is 0. The van der Waals surface area contributed by atoms with Crippen LogP contribution < -0.4 is 0 Å². The Balaban J connectivity index is 1.77. The van der Waals surface area contributed by atoms with Crippen molar-refractivity contribution in [2.75, 3.05) is 13.1 Å². The third-order valence-corrected chi connectivity index (χ3v) is 2.86. The molecule has 1 aliphatic heterocycles. The average molecular weight is 239 g/mol. The van der Waals surface area contributed by atoms with E-state index in [4.69, 9.17) is 9.63 Å². The van der Waals surface area contributed by atoms with Crippen molar-refractivity contribution >= 4 is 5.97 Å². The molecule has 1 aliphatic rings. The third kappa shape index (κ3) is 3.03. The van der Waals surface area contributed by atoms with Gasteiger partial charge in [0.05, 0.1) is 13.0 Å². The van der Waals surface area contributed by atoms with Crippen LogP contribution in [-0.2, 0) is 11.3 Å². The first-order valence-corrected chi connectivity index (χ1v) is 5.81. The van der Waals surface area contributed by atoms with E-state index in [1.165, 1.54) is 0 Å². The van der Waals surface area contributed by atoms with E-state index >= 15 is 0 Å². The van der Waals surface area contributed by atoms with Crippen LogP contribution in [-0.4, -0.2) is 39.2 Å².